The van der Waals surface area contributed by atoms with E-state index in [1.165, 1.54) is 6.07 Å². The lowest BCUT2D eigenvalue weighted by Crippen LogP contribution is -2.31. The van der Waals surface area contributed by atoms with Crippen LogP contribution >= 0.6 is 0 Å². The first-order valence-corrected chi connectivity index (χ1v) is 17.7. The van der Waals surface area contributed by atoms with Gasteiger partial charge < -0.3 is 30.7 Å². The van der Waals surface area contributed by atoms with Crippen LogP contribution in [0.1, 0.15) is 79.8 Å². The number of anilines is 6. The van der Waals surface area contributed by atoms with Gasteiger partial charge in [-0.1, -0.05) is 40.5 Å². The lowest BCUT2D eigenvalue weighted by atomic mass is 10.1. The van der Waals surface area contributed by atoms with Crippen molar-refractivity contribution in [2.75, 3.05) is 47.6 Å². The van der Waals surface area contributed by atoms with Gasteiger partial charge in [-0.2, -0.15) is 15.0 Å². The Bertz CT molecular complexity index is 1780. The van der Waals surface area contributed by atoms with Crippen molar-refractivity contribution in [2.24, 2.45) is 11.8 Å². The molecule has 2 unspecified atom stereocenters. The molecule has 2 heterocycles. The molecule has 4 rings (SSSR count). The Morgan fingerprint density at radius 1 is 0.717 bits per heavy atom. The SMILES string of the molecule is CCC(C)COC(=O)c1ccc(Nc2nc(NCCCCNC(=O)Nc3nc(C)cc(=O)[nH]3)nc(Nc3ccc(C(=O)OCC(C)CC)cc3)n2)cc1. The number of urea groups is 1. The Kier molecular flexibility index (Phi) is 15.1. The summed E-state index contributed by atoms with van der Waals surface area (Å²) in [5.41, 5.74) is 2.28. The number of aromatic amines is 1. The highest BCUT2D eigenvalue weighted by Gasteiger charge is 2.13. The lowest BCUT2D eigenvalue weighted by Gasteiger charge is -2.13. The van der Waals surface area contributed by atoms with E-state index in [0.29, 0.717) is 73.3 Å². The highest BCUT2D eigenvalue weighted by Crippen LogP contribution is 2.21. The van der Waals surface area contributed by atoms with Crippen molar-refractivity contribution in [1.82, 2.24) is 30.2 Å². The number of aryl methyl sites for hydroxylation is 1. The number of hydrogen-bond acceptors (Lipinski definition) is 13. The fourth-order valence-corrected chi connectivity index (χ4v) is 4.48. The standard InChI is InChI=1S/C37H48N10O6/c1-6-23(3)21-52-31(49)26-10-14-28(15-11-26)41-35-44-33(38-18-8-9-19-39-37(51)47-34-40-25(5)20-30(48)43-34)45-36(46-35)42-29-16-12-27(13-17-29)32(50)53-22-24(4)7-2/h10-17,20,23-24H,6-9,18-19,21-22H2,1-5H3,(H3,38,41,42,44,45,46)(H3,39,40,43,47,48,51). The maximum Gasteiger partial charge on any atom is 0.338 e. The molecule has 2 atom stereocenters. The van der Waals surface area contributed by atoms with Crippen molar-refractivity contribution in [2.45, 2.75) is 60.3 Å². The fraction of sp³-hybridized carbons (Fsp3) is 0.405. The second kappa shape index (κ2) is 20.1. The van der Waals surface area contributed by atoms with Crippen LogP contribution in [0.5, 0.6) is 0 Å². The first-order chi connectivity index (χ1) is 25.5. The highest BCUT2D eigenvalue weighted by molar-refractivity contribution is 5.90. The summed E-state index contributed by atoms with van der Waals surface area (Å²) >= 11 is 0. The van der Waals surface area contributed by atoms with Gasteiger partial charge in [0, 0.05) is 36.2 Å². The second-order valence-electron chi connectivity index (χ2n) is 12.7. The van der Waals surface area contributed by atoms with E-state index in [-0.39, 0.29) is 47.2 Å². The van der Waals surface area contributed by atoms with E-state index in [4.69, 9.17) is 9.47 Å². The molecule has 0 saturated carbocycles. The van der Waals surface area contributed by atoms with Crippen molar-refractivity contribution in [3.05, 3.63) is 81.8 Å². The molecule has 2 aromatic carbocycles. The molecular formula is C37H48N10O6. The number of hydrogen-bond donors (Lipinski definition) is 6. The number of H-pyrrole nitrogens is 1. The smallest absolute Gasteiger partial charge is 0.338 e. The van der Waals surface area contributed by atoms with Crippen LogP contribution < -0.4 is 32.1 Å². The normalized spacial score (nSPS) is 11.9. The number of unbranched alkanes of at least 4 members (excludes halogenated alkanes) is 1. The van der Waals surface area contributed by atoms with E-state index >= 15 is 0 Å². The maximum atomic E-state index is 12.5. The van der Waals surface area contributed by atoms with E-state index in [2.05, 4.69) is 51.5 Å². The summed E-state index contributed by atoms with van der Waals surface area (Å²) in [6.07, 6.45) is 3.14. The third-order valence-electron chi connectivity index (χ3n) is 8.05. The van der Waals surface area contributed by atoms with Crippen molar-refractivity contribution in [1.29, 1.82) is 0 Å². The molecule has 16 heteroatoms. The van der Waals surface area contributed by atoms with Crippen molar-refractivity contribution in [3.63, 3.8) is 0 Å². The molecule has 16 nitrogen and oxygen atoms in total. The van der Waals surface area contributed by atoms with Crippen molar-refractivity contribution < 1.29 is 23.9 Å². The van der Waals surface area contributed by atoms with Crippen LogP contribution in [0, 0.1) is 18.8 Å². The van der Waals surface area contributed by atoms with Crippen LogP contribution in [-0.4, -0.2) is 69.2 Å². The number of carbonyl (C=O) groups excluding carboxylic acids is 3. The Labute approximate surface area is 308 Å². The van der Waals surface area contributed by atoms with Gasteiger partial charge in [-0.15, -0.1) is 0 Å². The Balaban J connectivity index is 1.38. The molecule has 6 N–H and O–H groups in total. The highest BCUT2D eigenvalue weighted by atomic mass is 16.5. The van der Waals surface area contributed by atoms with Crippen LogP contribution in [0.25, 0.3) is 0 Å². The number of benzene rings is 2. The van der Waals surface area contributed by atoms with E-state index in [1.807, 2.05) is 27.7 Å². The summed E-state index contributed by atoms with van der Waals surface area (Å²) < 4.78 is 10.8. The van der Waals surface area contributed by atoms with Crippen molar-refractivity contribution >= 4 is 53.1 Å². The first-order valence-electron chi connectivity index (χ1n) is 17.7. The average Bonchev–Trinajstić information content (AvgIpc) is 3.14. The van der Waals surface area contributed by atoms with Gasteiger partial charge in [0.15, 0.2) is 0 Å². The number of amides is 2. The zero-order valence-electron chi connectivity index (χ0n) is 30.7. The lowest BCUT2D eigenvalue weighted by molar-refractivity contribution is 0.0438. The Hall–Kier alpha value is -6.06. The Morgan fingerprint density at radius 3 is 1.70 bits per heavy atom. The van der Waals surface area contributed by atoms with Gasteiger partial charge in [0.25, 0.3) is 5.56 Å². The summed E-state index contributed by atoms with van der Waals surface area (Å²) in [5.74, 6) is 0.627. The number of carbonyl (C=O) groups is 3. The number of aromatic nitrogens is 5. The molecular weight excluding hydrogens is 680 g/mol. The summed E-state index contributed by atoms with van der Waals surface area (Å²) in [7, 11) is 0. The number of ether oxygens (including phenoxy) is 2. The summed E-state index contributed by atoms with van der Waals surface area (Å²) in [6, 6.07) is 14.5. The van der Waals surface area contributed by atoms with Crippen LogP contribution in [0.2, 0.25) is 0 Å². The molecule has 282 valence electrons. The largest absolute Gasteiger partial charge is 0.462 e. The summed E-state index contributed by atoms with van der Waals surface area (Å²) in [4.78, 5) is 68.9. The fourth-order valence-electron chi connectivity index (χ4n) is 4.48. The van der Waals surface area contributed by atoms with E-state index in [1.54, 1.807) is 55.5 Å². The number of nitrogens with zero attached hydrogens (tertiary/aromatic N) is 4. The van der Waals surface area contributed by atoms with Gasteiger partial charge in [-0.25, -0.2) is 19.4 Å². The van der Waals surface area contributed by atoms with Gasteiger partial charge in [0.2, 0.25) is 23.8 Å². The molecule has 0 aliphatic carbocycles. The van der Waals surface area contributed by atoms with Crippen molar-refractivity contribution in [3.8, 4) is 0 Å². The minimum absolute atomic E-state index is 0.0730. The number of nitrogens with one attached hydrogen (secondary N) is 6. The van der Waals surface area contributed by atoms with E-state index in [9.17, 15) is 19.2 Å². The van der Waals surface area contributed by atoms with Gasteiger partial charge in [0.1, 0.15) is 0 Å². The molecule has 0 radical (unpaired) electrons. The zero-order chi connectivity index (χ0) is 38.2. The third kappa shape index (κ3) is 13.5. The van der Waals surface area contributed by atoms with Crippen LogP contribution in [-0.2, 0) is 9.47 Å². The van der Waals surface area contributed by atoms with Gasteiger partial charge in [0.05, 0.1) is 24.3 Å². The predicted octanol–water partition coefficient (Wildman–Crippen LogP) is 6.17. The summed E-state index contributed by atoms with van der Waals surface area (Å²) in [6.45, 7) is 11.4. The van der Waals surface area contributed by atoms with Gasteiger partial charge in [-0.05, 0) is 80.1 Å². The molecule has 0 aliphatic rings. The molecule has 2 aromatic heterocycles. The number of rotatable bonds is 19. The molecule has 0 spiro atoms. The van der Waals surface area contributed by atoms with Crippen LogP contribution in [0.4, 0.5) is 40.0 Å². The zero-order valence-corrected chi connectivity index (χ0v) is 30.7. The topological polar surface area (TPSA) is 214 Å². The first kappa shape index (κ1) is 39.7. The molecule has 2 amide bonds. The molecule has 0 fully saturated rings. The van der Waals surface area contributed by atoms with E-state index < -0.39 is 6.03 Å². The minimum atomic E-state index is -0.484. The minimum Gasteiger partial charge on any atom is -0.462 e. The second-order valence-corrected chi connectivity index (χ2v) is 12.7. The van der Waals surface area contributed by atoms with E-state index in [0.717, 1.165) is 12.8 Å². The quantitative estimate of drug-likeness (QED) is 0.0471. The summed E-state index contributed by atoms with van der Waals surface area (Å²) in [5, 5.41) is 14.8. The molecule has 0 aliphatic heterocycles. The average molecular weight is 729 g/mol. The third-order valence-corrected chi connectivity index (χ3v) is 8.05. The maximum absolute atomic E-state index is 12.5. The van der Waals surface area contributed by atoms with Crippen LogP contribution in [0.3, 0.4) is 0 Å². The molecule has 0 saturated heterocycles. The number of esters is 2. The van der Waals surface area contributed by atoms with Gasteiger partial charge in [-0.3, -0.25) is 15.1 Å². The van der Waals surface area contributed by atoms with Gasteiger partial charge >= 0.3 is 18.0 Å². The molecule has 53 heavy (non-hydrogen) atoms. The van der Waals surface area contributed by atoms with Crippen LogP contribution in [0.15, 0.2) is 59.4 Å². The predicted molar refractivity (Wildman–Crippen MR) is 203 cm³/mol. The monoisotopic (exact) mass is 728 g/mol. The Morgan fingerprint density at radius 2 is 1.21 bits per heavy atom. The molecule has 4 aromatic rings. The molecule has 0 bridgehead atoms.